The molecule has 0 N–H and O–H groups in total. The van der Waals surface area contributed by atoms with Crippen LogP contribution >= 0.6 is 22.6 Å². The summed E-state index contributed by atoms with van der Waals surface area (Å²) in [5, 5.41) is 12.0. The van der Waals surface area contributed by atoms with Crippen LogP contribution in [0.3, 0.4) is 0 Å². The Bertz CT molecular complexity index is 745. The maximum Gasteiger partial charge on any atom is 0.224 e. The second kappa shape index (κ2) is 5.83. The maximum absolute atomic E-state index is 13.4. The highest BCUT2D eigenvalue weighted by molar-refractivity contribution is 14.1. The molecule has 1 aromatic heterocycles. The maximum atomic E-state index is 13.4. The van der Waals surface area contributed by atoms with E-state index >= 15 is 0 Å². The fourth-order valence-corrected chi connectivity index (χ4v) is 2.90. The summed E-state index contributed by atoms with van der Waals surface area (Å²) >= 11 is 2.14. The third-order valence-corrected chi connectivity index (χ3v) is 4.18. The van der Waals surface area contributed by atoms with Crippen LogP contribution in [0.5, 0.6) is 5.75 Å². The molecular formula is C16H12F2INO2. The summed E-state index contributed by atoms with van der Waals surface area (Å²) in [4.78, 5) is 0. The van der Waals surface area contributed by atoms with Gasteiger partial charge in [0.2, 0.25) is 5.69 Å². The molecule has 2 aromatic rings. The van der Waals surface area contributed by atoms with Gasteiger partial charge in [0, 0.05) is 21.3 Å². The number of hydrogen-bond donors (Lipinski definition) is 0. The summed E-state index contributed by atoms with van der Waals surface area (Å²) in [5.41, 5.74) is -0.218. The Hall–Kier alpha value is -1.70. The van der Waals surface area contributed by atoms with Crippen molar-refractivity contribution in [3.8, 4) is 5.75 Å². The van der Waals surface area contributed by atoms with Crippen LogP contribution in [-0.4, -0.2) is 19.0 Å². The number of pyridine rings is 1. The van der Waals surface area contributed by atoms with E-state index in [1.165, 1.54) is 12.3 Å². The van der Waals surface area contributed by atoms with Gasteiger partial charge in [-0.3, -0.25) is 0 Å². The zero-order chi connectivity index (χ0) is 15.7. The first-order valence-corrected chi connectivity index (χ1v) is 7.69. The third kappa shape index (κ3) is 2.55. The van der Waals surface area contributed by atoms with E-state index in [1.54, 1.807) is 30.3 Å². The van der Waals surface area contributed by atoms with Gasteiger partial charge in [0.25, 0.3) is 0 Å². The van der Waals surface area contributed by atoms with Gasteiger partial charge in [0.1, 0.15) is 19.1 Å². The van der Waals surface area contributed by atoms with Crippen molar-refractivity contribution < 1.29 is 18.2 Å². The van der Waals surface area contributed by atoms with E-state index in [0.29, 0.717) is 27.3 Å². The predicted octanol–water partition coefficient (Wildman–Crippen LogP) is 3.43. The van der Waals surface area contributed by atoms with Crippen molar-refractivity contribution in [3.05, 3.63) is 68.7 Å². The van der Waals surface area contributed by atoms with Crippen molar-refractivity contribution in [1.82, 2.24) is 0 Å². The average molecular weight is 415 g/mol. The van der Waals surface area contributed by atoms with Crippen LogP contribution in [-0.2, 0) is 0 Å². The average Bonchev–Trinajstić information content (AvgIpc) is 2.55. The number of nitrogens with zero attached hydrogens (tertiary/aromatic N) is 1. The number of ether oxygens (including phenoxy) is 1. The molecule has 22 heavy (non-hydrogen) atoms. The lowest BCUT2D eigenvalue weighted by molar-refractivity contribution is -0.608. The van der Waals surface area contributed by atoms with Crippen LogP contribution in [0, 0.1) is 8.78 Å². The monoisotopic (exact) mass is 415 g/mol. The Balaban J connectivity index is 2.26. The van der Waals surface area contributed by atoms with Gasteiger partial charge in [0.05, 0.1) is 5.57 Å². The lowest BCUT2D eigenvalue weighted by Crippen LogP contribution is -2.42. The standard InChI is InChI=1S/C16H12F2INO2/c17-9-16(10-18)8-13(14-3-1-2-6-20(14)21)12-7-11(19)4-5-15(12)22-16/h1-8H,9-10H2. The van der Waals surface area contributed by atoms with Crippen LogP contribution in [0.4, 0.5) is 8.78 Å². The van der Waals surface area contributed by atoms with Crippen molar-refractivity contribution in [2.24, 2.45) is 0 Å². The topological polar surface area (TPSA) is 36.2 Å². The molecule has 0 radical (unpaired) electrons. The van der Waals surface area contributed by atoms with Crippen molar-refractivity contribution in [2.75, 3.05) is 13.3 Å². The molecule has 0 saturated carbocycles. The van der Waals surface area contributed by atoms with Crippen LogP contribution in [0.1, 0.15) is 11.3 Å². The second-order valence-corrected chi connectivity index (χ2v) is 6.29. The third-order valence-electron chi connectivity index (χ3n) is 3.50. The molecule has 0 bridgehead atoms. The molecule has 0 aliphatic carbocycles. The first kappa shape index (κ1) is 15.2. The molecular weight excluding hydrogens is 403 g/mol. The smallest absolute Gasteiger partial charge is 0.224 e. The lowest BCUT2D eigenvalue weighted by atomic mass is 9.91. The SMILES string of the molecule is [O-][n+]1ccccc1C1=CC(CF)(CF)Oc2ccc(I)cc21. The zero-order valence-electron chi connectivity index (χ0n) is 11.4. The first-order chi connectivity index (χ1) is 10.6. The molecule has 0 unspecified atom stereocenters. The largest absolute Gasteiger partial charge is 0.618 e. The number of aromatic nitrogens is 1. The van der Waals surface area contributed by atoms with Gasteiger partial charge in [-0.2, -0.15) is 4.73 Å². The number of fused-ring (bicyclic) bond motifs is 1. The van der Waals surface area contributed by atoms with Crippen molar-refractivity contribution in [3.63, 3.8) is 0 Å². The zero-order valence-corrected chi connectivity index (χ0v) is 13.6. The molecule has 3 rings (SSSR count). The van der Waals surface area contributed by atoms with E-state index in [2.05, 4.69) is 22.6 Å². The molecule has 3 nitrogen and oxygen atoms in total. The minimum Gasteiger partial charge on any atom is -0.618 e. The summed E-state index contributed by atoms with van der Waals surface area (Å²) in [6.45, 7) is -2.02. The minimum absolute atomic E-state index is 0.334. The van der Waals surface area contributed by atoms with Gasteiger partial charge < -0.3 is 9.94 Å². The molecule has 1 aliphatic heterocycles. The van der Waals surface area contributed by atoms with Crippen LogP contribution < -0.4 is 9.47 Å². The quantitative estimate of drug-likeness (QED) is 0.438. The summed E-state index contributed by atoms with van der Waals surface area (Å²) in [7, 11) is 0. The van der Waals surface area contributed by atoms with Crippen molar-refractivity contribution >= 4 is 28.2 Å². The van der Waals surface area contributed by atoms with Crippen LogP contribution in [0.25, 0.3) is 5.57 Å². The molecule has 1 aromatic carbocycles. The highest BCUT2D eigenvalue weighted by Crippen LogP contribution is 2.39. The summed E-state index contributed by atoms with van der Waals surface area (Å²) in [6.07, 6.45) is 2.72. The van der Waals surface area contributed by atoms with E-state index in [4.69, 9.17) is 4.74 Å². The first-order valence-electron chi connectivity index (χ1n) is 6.61. The number of halogens is 3. The number of rotatable bonds is 3. The number of hydrogen-bond acceptors (Lipinski definition) is 2. The van der Waals surface area contributed by atoms with Crippen molar-refractivity contribution in [2.45, 2.75) is 5.60 Å². The molecule has 1 aliphatic rings. The lowest BCUT2D eigenvalue weighted by Gasteiger charge is -2.32. The van der Waals surface area contributed by atoms with E-state index in [0.717, 1.165) is 3.57 Å². The molecule has 0 atom stereocenters. The van der Waals surface area contributed by atoms with Gasteiger partial charge in [-0.1, -0.05) is 0 Å². The van der Waals surface area contributed by atoms with E-state index in [9.17, 15) is 14.0 Å². The highest BCUT2D eigenvalue weighted by Gasteiger charge is 2.38. The number of alkyl halides is 2. The number of benzene rings is 1. The molecule has 0 fully saturated rings. The summed E-state index contributed by atoms with van der Waals surface area (Å²) < 4.78 is 33.9. The summed E-state index contributed by atoms with van der Waals surface area (Å²) in [5.74, 6) is 0.372. The Morgan fingerprint density at radius 1 is 1.18 bits per heavy atom. The second-order valence-electron chi connectivity index (χ2n) is 5.04. The Morgan fingerprint density at radius 3 is 2.64 bits per heavy atom. The van der Waals surface area contributed by atoms with Gasteiger partial charge in [-0.15, -0.1) is 0 Å². The Morgan fingerprint density at radius 2 is 1.95 bits per heavy atom. The fourth-order valence-electron chi connectivity index (χ4n) is 2.41. The van der Waals surface area contributed by atoms with Gasteiger partial charge >= 0.3 is 0 Å². The van der Waals surface area contributed by atoms with Gasteiger partial charge in [-0.05, 0) is 52.9 Å². The molecule has 0 spiro atoms. The van der Waals surface area contributed by atoms with Gasteiger partial charge in [-0.25, -0.2) is 8.78 Å². The molecule has 6 heteroatoms. The van der Waals surface area contributed by atoms with Crippen LogP contribution in [0.15, 0.2) is 48.7 Å². The fraction of sp³-hybridized carbons (Fsp3) is 0.188. The highest BCUT2D eigenvalue weighted by atomic mass is 127. The minimum atomic E-state index is -1.68. The van der Waals surface area contributed by atoms with E-state index in [-0.39, 0.29) is 0 Å². The normalized spacial score (nSPS) is 15.7. The Labute approximate surface area is 140 Å². The molecule has 114 valence electrons. The summed E-state index contributed by atoms with van der Waals surface area (Å²) in [6, 6.07) is 10.2. The van der Waals surface area contributed by atoms with Gasteiger partial charge in [0.15, 0.2) is 11.8 Å². The van der Waals surface area contributed by atoms with E-state index < -0.39 is 19.0 Å². The molecule has 0 amide bonds. The molecule has 0 saturated heterocycles. The van der Waals surface area contributed by atoms with E-state index in [1.807, 2.05) is 6.07 Å². The van der Waals surface area contributed by atoms with Crippen LogP contribution in [0.2, 0.25) is 0 Å². The predicted molar refractivity (Wildman–Crippen MR) is 86.9 cm³/mol. The Kier molecular flexibility index (Phi) is 4.03. The molecule has 2 heterocycles. The van der Waals surface area contributed by atoms with Crippen molar-refractivity contribution in [1.29, 1.82) is 0 Å².